The molecule has 2 rings (SSSR count). The first-order valence-corrected chi connectivity index (χ1v) is 9.61. The van der Waals surface area contributed by atoms with Crippen LogP contribution in [0.4, 0.5) is 13.2 Å². The van der Waals surface area contributed by atoms with Crippen molar-refractivity contribution < 1.29 is 22.5 Å². The summed E-state index contributed by atoms with van der Waals surface area (Å²) in [6.45, 7) is 6.76. The molecule has 148 valence electrons. The number of alkyl halides is 3. The summed E-state index contributed by atoms with van der Waals surface area (Å²) < 4.78 is 56.9. The van der Waals surface area contributed by atoms with Crippen molar-refractivity contribution in [2.45, 2.75) is 50.3 Å². The molecule has 0 bridgehead atoms. The van der Waals surface area contributed by atoms with Gasteiger partial charge in [-0.15, -0.1) is 0 Å². The fraction of sp³-hybridized carbons (Fsp3) is 0.400. The molecule has 2 N–H and O–H groups in total. The number of hydrogen-bond donors (Lipinski definition) is 2. The molecule has 0 radical (unpaired) electrons. The summed E-state index contributed by atoms with van der Waals surface area (Å²) in [4.78, 5) is 0. The zero-order chi connectivity index (χ0) is 20.5. The van der Waals surface area contributed by atoms with Gasteiger partial charge in [0.15, 0.2) is 0 Å². The predicted molar refractivity (Wildman–Crippen MR) is 101 cm³/mol. The molecule has 0 aliphatic carbocycles. The van der Waals surface area contributed by atoms with E-state index in [-0.39, 0.29) is 11.1 Å². The minimum absolute atomic E-state index is 0.196. The molecule has 0 spiro atoms. The Balaban J connectivity index is 2.67. The van der Waals surface area contributed by atoms with Crippen molar-refractivity contribution in [1.29, 1.82) is 0 Å². The largest absolute Gasteiger partial charge is 0.423 e. The Bertz CT molecular complexity index is 786. The molecule has 2 aromatic rings. The maximum atomic E-state index is 14.2. The Kier molecular flexibility index (Phi) is 6.19. The van der Waals surface area contributed by atoms with Gasteiger partial charge in [-0.25, -0.2) is 8.93 Å². The van der Waals surface area contributed by atoms with Crippen molar-refractivity contribution >= 4 is 11.0 Å². The predicted octanol–water partition coefficient (Wildman–Crippen LogP) is 4.54. The van der Waals surface area contributed by atoms with Crippen LogP contribution in [-0.2, 0) is 16.6 Å². The molecular formula is C20H24F3NO2S. The lowest BCUT2D eigenvalue weighted by atomic mass is 9.82. The molecule has 0 aromatic heterocycles. The lowest BCUT2D eigenvalue weighted by Gasteiger charge is -2.39. The second-order valence-corrected chi connectivity index (χ2v) is 9.47. The van der Waals surface area contributed by atoms with E-state index in [1.807, 2.05) is 6.92 Å². The van der Waals surface area contributed by atoms with E-state index < -0.39 is 33.6 Å². The van der Waals surface area contributed by atoms with Crippen LogP contribution in [0.25, 0.3) is 0 Å². The van der Waals surface area contributed by atoms with Crippen LogP contribution in [-0.4, -0.2) is 20.2 Å². The molecule has 0 aliphatic rings. The molecular weight excluding hydrogens is 375 g/mol. The molecule has 0 aliphatic heterocycles. The minimum Gasteiger partial charge on any atom is -0.375 e. The van der Waals surface area contributed by atoms with Gasteiger partial charge in [0, 0.05) is 0 Å². The van der Waals surface area contributed by atoms with Gasteiger partial charge in [-0.1, -0.05) is 60.2 Å². The van der Waals surface area contributed by atoms with Gasteiger partial charge in [-0.3, -0.25) is 0 Å². The number of halogens is 3. The van der Waals surface area contributed by atoms with Crippen molar-refractivity contribution in [2.75, 3.05) is 0 Å². The minimum atomic E-state index is -5.00. The molecule has 2 aromatic carbocycles. The van der Waals surface area contributed by atoms with Crippen LogP contribution in [0.2, 0.25) is 0 Å². The zero-order valence-electron chi connectivity index (χ0n) is 15.7. The first kappa shape index (κ1) is 21.6. The third-order valence-corrected chi connectivity index (χ3v) is 5.82. The third kappa shape index (κ3) is 4.59. The van der Waals surface area contributed by atoms with Crippen LogP contribution in [0.15, 0.2) is 54.6 Å². The van der Waals surface area contributed by atoms with Crippen molar-refractivity contribution in [3.8, 4) is 0 Å². The average molecular weight is 399 g/mol. The smallest absolute Gasteiger partial charge is 0.375 e. The van der Waals surface area contributed by atoms with E-state index >= 15 is 0 Å². The number of rotatable bonds is 5. The molecule has 27 heavy (non-hydrogen) atoms. The Morgan fingerprint density at radius 3 is 1.93 bits per heavy atom. The fourth-order valence-electron chi connectivity index (χ4n) is 2.62. The summed E-state index contributed by atoms with van der Waals surface area (Å²) >= 11 is 0. The molecule has 0 saturated heterocycles. The summed E-state index contributed by atoms with van der Waals surface area (Å²) in [6.07, 6.45) is -5.00. The van der Waals surface area contributed by atoms with Crippen molar-refractivity contribution in [2.24, 2.45) is 0 Å². The number of aryl methyl sites for hydroxylation is 1. The molecule has 3 nitrogen and oxygen atoms in total. The van der Waals surface area contributed by atoms with Gasteiger partial charge in [-0.2, -0.15) is 13.2 Å². The summed E-state index contributed by atoms with van der Waals surface area (Å²) in [5.41, 5.74) is -2.52. The molecule has 0 heterocycles. The SMILES string of the molecule is Cc1ccc([C@H](N[S@](=O)C(C)(C)C)[C@](O)(c2ccccc2)C(F)(F)F)cc1. The number of hydrogen-bond acceptors (Lipinski definition) is 2. The Hall–Kier alpha value is -1.70. The van der Waals surface area contributed by atoms with Crippen molar-refractivity contribution in [3.63, 3.8) is 0 Å². The average Bonchev–Trinajstić information content (AvgIpc) is 2.58. The monoisotopic (exact) mass is 399 g/mol. The van der Waals surface area contributed by atoms with Crippen LogP contribution in [0.3, 0.4) is 0 Å². The van der Waals surface area contributed by atoms with E-state index in [4.69, 9.17) is 0 Å². The van der Waals surface area contributed by atoms with Crippen LogP contribution in [0, 0.1) is 6.92 Å². The van der Waals surface area contributed by atoms with Gasteiger partial charge in [0.2, 0.25) is 5.60 Å². The Morgan fingerprint density at radius 2 is 1.48 bits per heavy atom. The van der Waals surface area contributed by atoms with E-state index in [1.54, 1.807) is 39.0 Å². The summed E-state index contributed by atoms with van der Waals surface area (Å²) in [7, 11) is -1.84. The van der Waals surface area contributed by atoms with Gasteiger partial charge in [0.25, 0.3) is 0 Å². The van der Waals surface area contributed by atoms with E-state index in [1.165, 1.54) is 36.4 Å². The van der Waals surface area contributed by atoms with Gasteiger partial charge in [0.1, 0.15) is 0 Å². The quantitative estimate of drug-likeness (QED) is 0.776. The second-order valence-electron chi connectivity index (χ2n) is 7.47. The summed E-state index contributed by atoms with van der Waals surface area (Å²) in [5.74, 6) is 0. The van der Waals surface area contributed by atoms with Crippen molar-refractivity contribution in [1.82, 2.24) is 4.72 Å². The van der Waals surface area contributed by atoms with Crippen LogP contribution >= 0.6 is 0 Å². The fourth-order valence-corrected chi connectivity index (χ4v) is 3.50. The van der Waals surface area contributed by atoms with Crippen LogP contribution in [0.5, 0.6) is 0 Å². The Morgan fingerprint density at radius 1 is 0.963 bits per heavy atom. The number of benzene rings is 2. The Labute approximate surface area is 160 Å². The van der Waals surface area contributed by atoms with Crippen molar-refractivity contribution in [3.05, 3.63) is 71.3 Å². The first-order valence-electron chi connectivity index (χ1n) is 8.46. The van der Waals surface area contributed by atoms with Crippen LogP contribution in [0.1, 0.15) is 43.5 Å². The van der Waals surface area contributed by atoms with Gasteiger partial charge in [-0.05, 0) is 38.8 Å². The van der Waals surface area contributed by atoms with Gasteiger partial charge >= 0.3 is 6.18 Å². The van der Waals surface area contributed by atoms with Gasteiger partial charge < -0.3 is 5.11 Å². The molecule has 3 atom stereocenters. The highest BCUT2D eigenvalue weighted by Crippen LogP contribution is 2.48. The molecule has 0 fully saturated rings. The van der Waals surface area contributed by atoms with E-state index in [9.17, 15) is 22.5 Å². The highest BCUT2D eigenvalue weighted by molar-refractivity contribution is 7.84. The first-order chi connectivity index (χ1) is 12.4. The number of nitrogens with one attached hydrogen (secondary N) is 1. The molecule has 7 heteroatoms. The second kappa shape index (κ2) is 7.73. The normalized spacial score (nSPS) is 17.2. The molecule has 0 unspecified atom stereocenters. The van der Waals surface area contributed by atoms with E-state index in [0.29, 0.717) is 0 Å². The molecule has 0 amide bonds. The van der Waals surface area contributed by atoms with E-state index in [0.717, 1.165) is 5.56 Å². The molecule has 0 saturated carbocycles. The number of aliphatic hydroxyl groups is 1. The third-order valence-electron chi connectivity index (χ3n) is 4.26. The van der Waals surface area contributed by atoms with Crippen LogP contribution < -0.4 is 4.72 Å². The maximum absolute atomic E-state index is 14.2. The highest BCUT2D eigenvalue weighted by atomic mass is 32.2. The highest BCUT2D eigenvalue weighted by Gasteiger charge is 2.60. The standard InChI is InChI=1S/C20H24F3NO2S/c1-14-10-12-15(13-11-14)17(24-27(26)18(2,3)4)19(25,20(21,22)23)16-8-6-5-7-9-16/h5-13,17,24-25H,1-4H3/t17-,19+,27+/m0/s1. The maximum Gasteiger partial charge on any atom is 0.423 e. The van der Waals surface area contributed by atoms with Gasteiger partial charge in [0.05, 0.1) is 21.8 Å². The summed E-state index contributed by atoms with van der Waals surface area (Å²) in [5, 5.41) is 11.0. The lowest BCUT2D eigenvalue weighted by molar-refractivity contribution is -0.277. The van der Waals surface area contributed by atoms with E-state index in [2.05, 4.69) is 4.72 Å². The lowest BCUT2D eigenvalue weighted by Crippen LogP contribution is -2.53. The topological polar surface area (TPSA) is 49.3 Å². The zero-order valence-corrected chi connectivity index (χ0v) is 16.5. The summed E-state index contributed by atoms with van der Waals surface area (Å²) in [6, 6.07) is 11.5.